The van der Waals surface area contributed by atoms with Crippen molar-refractivity contribution in [2.24, 2.45) is 0 Å². The Hall–Kier alpha value is -3.20. The van der Waals surface area contributed by atoms with Gasteiger partial charge >= 0.3 is 5.97 Å². The fourth-order valence-electron chi connectivity index (χ4n) is 4.52. The quantitative estimate of drug-likeness (QED) is 0.234. The van der Waals surface area contributed by atoms with Gasteiger partial charge < -0.3 is 10.1 Å². The van der Waals surface area contributed by atoms with Crippen molar-refractivity contribution < 1.29 is 19.1 Å². The molecule has 1 aliphatic carbocycles. The summed E-state index contributed by atoms with van der Waals surface area (Å²) in [5.74, 6) is -1.54. The summed E-state index contributed by atoms with van der Waals surface area (Å²) < 4.78 is 5.32. The Morgan fingerprint density at radius 1 is 1.06 bits per heavy atom. The van der Waals surface area contributed by atoms with E-state index in [0.717, 1.165) is 53.7 Å². The molecule has 2 aromatic rings. The number of aryl methyl sites for hydroxylation is 2. The van der Waals surface area contributed by atoms with Gasteiger partial charge in [0, 0.05) is 17.4 Å². The van der Waals surface area contributed by atoms with Gasteiger partial charge in [0.2, 0.25) is 0 Å². The first kappa shape index (κ1) is 25.9. The Bertz CT molecular complexity index is 1170. The number of esters is 1. The zero-order valence-corrected chi connectivity index (χ0v) is 21.8. The molecule has 2 aliphatic rings. The third kappa shape index (κ3) is 5.78. The van der Waals surface area contributed by atoms with E-state index in [1.807, 2.05) is 26.8 Å². The number of thioether (sulfide) groups is 1. The first-order chi connectivity index (χ1) is 17.4. The average Bonchev–Trinajstić information content (AvgIpc) is 3.02. The van der Waals surface area contributed by atoms with Gasteiger partial charge in [-0.3, -0.25) is 9.59 Å². The Morgan fingerprint density at radius 2 is 1.72 bits per heavy atom. The van der Waals surface area contributed by atoms with Crippen LogP contribution in [0.3, 0.4) is 0 Å². The van der Waals surface area contributed by atoms with E-state index >= 15 is 0 Å². The Morgan fingerprint density at radius 3 is 2.39 bits per heavy atom. The summed E-state index contributed by atoms with van der Waals surface area (Å²) in [6.07, 6.45) is 7.02. The number of aromatic nitrogens is 2. The molecule has 1 aromatic carbocycles. The number of imide groups is 1. The van der Waals surface area contributed by atoms with E-state index in [-0.39, 0.29) is 34.5 Å². The van der Waals surface area contributed by atoms with E-state index in [2.05, 4.69) is 15.3 Å². The van der Waals surface area contributed by atoms with Gasteiger partial charge in [-0.2, -0.15) is 0 Å². The summed E-state index contributed by atoms with van der Waals surface area (Å²) in [5, 5.41) is 3.80. The van der Waals surface area contributed by atoms with Gasteiger partial charge in [0.15, 0.2) is 5.16 Å². The fraction of sp³-hybridized carbons (Fsp3) is 0.444. The molecular weight excluding hydrogens is 476 g/mol. The highest BCUT2D eigenvalue weighted by molar-refractivity contribution is 8.04. The van der Waals surface area contributed by atoms with Gasteiger partial charge in [0.05, 0.1) is 17.9 Å². The number of carbonyl (C=O) groups excluding carboxylic acids is 3. The van der Waals surface area contributed by atoms with Gasteiger partial charge in [-0.15, -0.1) is 0 Å². The van der Waals surface area contributed by atoms with Crippen LogP contribution in [-0.2, 0) is 14.3 Å². The van der Waals surface area contributed by atoms with Crippen molar-refractivity contribution in [2.45, 2.75) is 76.9 Å². The lowest BCUT2D eigenvalue weighted by Gasteiger charge is -2.20. The summed E-state index contributed by atoms with van der Waals surface area (Å²) in [7, 11) is 0. The molecule has 1 fully saturated rings. The van der Waals surface area contributed by atoms with Crippen molar-refractivity contribution in [1.82, 2.24) is 15.3 Å². The number of benzene rings is 1. The Kier molecular flexibility index (Phi) is 8.40. The van der Waals surface area contributed by atoms with Gasteiger partial charge in [0.1, 0.15) is 10.6 Å². The van der Waals surface area contributed by atoms with Crippen LogP contribution in [0.5, 0.6) is 0 Å². The van der Waals surface area contributed by atoms with Crippen LogP contribution in [0.1, 0.15) is 73.6 Å². The Labute approximate surface area is 215 Å². The maximum atomic E-state index is 13.8. The Balaban J connectivity index is 1.72. The van der Waals surface area contributed by atoms with Crippen molar-refractivity contribution in [3.8, 4) is 0 Å². The smallest absolute Gasteiger partial charge is 0.340 e. The van der Waals surface area contributed by atoms with E-state index in [9.17, 15) is 14.4 Å². The van der Waals surface area contributed by atoms with Crippen LogP contribution in [0.25, 0.3) is 0 Å². The molecule has 1 aliphatic heterocycles. The highest BCUT2D eigenvalue weighted by Crippen LogP contribution is 2.37. The van der Waals surface area contributed by atoms with Crippen molar-refractivity contribution in [1.29, 1.82) is 0 Å². The van der Waals surface area contributed by atoms with Gasteiger partial charge in [-0.25, -0.2) is 19.7 Å². The third-order valence-electron chi connectivity index (χ3n) is 6.20. The van der Waals surface area contributed by atoms with Crippen LogP contribution in [0.2, 0.25) is 0 Å². The van der Waals surface area contributed by atoms with E-state index in [0.29, 0.717) is 11.6 Å². The average molecular weight is 509 g/mol. The van der Waals surface area contributed by atoms with Crippen LogP contribution >= 0.6 is 11.8 Å². The molecule has 0 atom stereocenters. The van der Waals surface area contributed by atoms with Crippen molar-refractivity contribution in [2.75, 3.05) is 11.5 Å². The lowest BCUT2D eigenvalue weighted by Crippen LogP contribution is -2.37. The number of para-hydroxylation sites is 1. The van der Waals surface area contributed by atoms with E-state index in [1.54, 1.807) is 24.3 Å². The zero-order chi connectivity index (χ0) is 25.7. The highest BCUT2D eigenvalue weighted by atomic mass is 32.2. The molecule has 9 heteroatoms. The van der Waals surface area contributed by atoms with Crippen LogP contribution in [-0.4, -0.2) is 40.4 Å². The molecule has 0 bridgehead atoms. The molecule has 1 saturated carbocycles. The molecular formula is C27H32N4O4S. The number of nitrogens with zero attached hydrogens (tertiary/aromatic N) is 3. The lowest BCUT2D eigenvalue weighted by molar-refractivity contribution is -0.120. The molecule has 190 valence electrons. The molecule has 0 spiro atoms. The molecule has 1 aromatic heterocycles. The van der Waals surface area contributed by atoms with Gasteiger partial charge in [0.25, 0.3) is 11.8 Å². The van der Waals surface area contributed by atoms with E-state index in [4.69, 9.17) is 4.74 Å². The number of hydrogen-bond acceptors (Lipinski definition) is 8. The number of nitrogens with one attached hydrogen (secondary N) is 1. The minimum atomic E-state index is -0.565. The molecule has 0 radical (unpaired) electrons. The molecule has 36 heavy (non-hydrogen) atoms. The largest absolute Gasteiger partial charge is 0.462 e. The summed E-state index contributed by atoms with van der Waals surface area (Å²) in [6, 6.07) is 8.51. The second kappa shape index (κ2) is 11.7. The summed E-state index contributed by atoms with van der Waals surface area (Å²) in [6.45, 7) is 5.89. The summed E-state index contributed by atoms with van der Waals surface area (Å²) >= 11 is 1.09. The summed E-state index contributed by atoms with van der Waals surface area (Å²) in [4.78, 5) is 50.6. The van der Waals surface area contributed by atoms with Crippen LogP contribution in [0.4, 0.5) is 5.69 Å². The normalized spacial score (nSPS) is 16.9. The topological polar surface area (TPSA) is 101 Å². The van der Waals surface area contributed by atoms with Crippen molar-refractivity contribution in [3.63, 3.8) is 0 Å². The van der Waals surface area contributed by atoms with Crippen LogP contribution < -0.4 is 10.2 Å². The number of hydrogen-bond donors (Lipinski definition) is 1. The summed E-state index contributed by atoms with van der Waals surface area (Å²) in [5.41, 5.74) is 2.19. The third-order valence-corrected chi connectivity index (χ3v) is 7.15. The number of rotatable bonds is 8. The first-order valence-corrected chi connectivity index (χ1v) is 13.4. The zero-order valence-electron chi connectivity index (χ0n) is 21.0. The fourth-order valence-corrected chi connectivity index (χ4v) is 5.51. The maximum absolute atomic E-state index is 13.8. The number of amides is 2. The van der Waals surface area contributed by atoms with Gasteiger partial charge in [-0.1, -0.05) is 44.7 Å². The minimum absolute atomic E-state index is 0.0970. The predicted octanol–water partition coefficient (Wildman–Crippen LogP) is 4.85. The highest BCUT2D eigenvalue weighted by Gasteiger charge is 2.42. The molecule has 1 N–H and O–H groups in total. The van der Waals surface area contributed by atoms with Crippen LogP contribution in [0.15, 0.2) is 46.1 Å². The SMILES string of the molecule is CCCOC(=O)c1ccccc1N1C(=O)C(NC2CCCCCC2)=C(Sc2nc(C)cc(C)n2)C1=O. The molecule has 0 saturated heterocycles. The molecule has 2 amide bonds. The second-order valence-corrected chi connectivity index (χ2v) is 10.1. The van der Waals surface area contributed by atoms with E-state index < -0.39 is 17.8 Å². The molecule has 8 nitrogen and oxygen atoms in total. The monoisotopic (exact) mass is 508 g/mol. The molecule has 0 unspecified atom stereocenters. The van der Waals surface area contributed by atoms with Crippen molar-refractivity contribution >= 4 is 35.2 Å². The second-order valence-electron chi connectivity index (χ2n) is 9.17. The standard InChI is InChI=1S/C27H32N4O4S/c1-4-15-35-26(34)20-13-9-10-14-21(20)31-24(32)22(30-19-11-7-5-6-8-12-19)23(25(31)33)36-27-28-17(2)16-18(3)29-27/h9-10,13-14,16,19,30H,4-8,11-12,15H2,1-3H3. The maximum Gasteiger partial charge on any atom is 0.340 e. The van der Waals surface area contributed by atoms with Crippen molar-refractivity contribution in [3.05, 3.63) is 57.9 Å². The minimum Gasteiger partial charge on any atom is -0.462 e. The van der Waals surface area contributed by atoms with E-state index in [1.165, 1.54) is 12.8 Å². The number of anilines is 1. The predicted molar refractivity (Wildman–Crippen MR) is 139 cm³/mol. The number of carbonyl (C=O) groups is 3. The first-order valence-electron chi connectivity index (χ1n) is 12.5. The van der Waals surface area contributed by atoms with Gasteiger partial charge in [-0.05, 0) is 63.1 Å². The lowest BCUT2D eigenvalue weighted by atomic mass is 10.1. The molecule has 2 heterocycles. The number of ether oxygens (including phenoxy) is 1. The molecule has 4 rings (SSSR count). The van der Waals surface area contributed by atoms with Crippen LogP contribution in [0, 0.1) is 13.8 Å².